The molecule has 1 amide bonds. The molecule has 0 saturated carbocycles. The third-order valence-electron chi connectivity index (χ3n) is 2.99. The second-order valence-corrected chi connectivity index (χ2v) is 4.87. The molecule has 2 rings (SSSR count). The van der Waals surface area contributed by atoms with Crippen LogP contribution in [0.4, 0.5) is 5.69 Å². The van der Waals surface area contributed by atoms with E-state index in [-0.39, 0.29) is 5.91 Å². The number of pyridine rings is 1. The molecule has 1 heterocycles. The lowest BCUT2D eigenvalue weighted by atomic mass is 10.2. The van der Waals surface area contributed by atoms with E-state index in [4.69, 9.17) is 10.5 Å². The number of nitrogens with zero attached hydrogens (tertiary/aromatic N) is 1. The first kappa shape index (κ1) is 16.3. The molecule has 0 aliphatic rings. The van der Waals surface area contributed by atoms with E-state index in [0.29, 0.717) is 28.5 Å². The van der Waals surface area contributed by atoms with Gasteiger partial charge in [0, 0.05) is 23.1 Å². The molecule has 5 nitrogen and oxygen atoms in total. The largest absolute Gasteiger partial charge is 0.460 e. The van der Waals surface area contributed by atoms with Crippen LogP contribution in [0.15, 0.2) is 72.4 Å². The third-order valence-corrected chi connectivity index (χ3v) is 2.99. The van der Waals surface area contributed by atoms with E-state index in [2.05, 4.69) is 10.3 Å². The summed E-state index contributed by atoms with van der Waals surface area (Å²) in [6, 6.07) is 10.4. The Bertz CT molecular complexity index is 737. The number of carbonyl (C=O) groups excluding carboxylic acids is 1. The van der Waals surface area contributed by atoms with Crippen molar-refractivity contribution < 1.29 is 9.53 Å². The molecule has 1 aromatic heterocycles. The Morgan fingerprint density at radius 2 is 2.13 bits per heavy atom. The van der Waals surface area contributed by atoms with Crippen LogP contribution in [-0.4, -0.2) is 10.9 Å². The quantitative estimate of drug-likeness (QED) is 0.505. The number of allylic oxidation sites excluding steroid dienone is 3. The van der Waals surface area contributed by atoms with E-state index in [1.807, 2.05) is 19.9 Å². The zero-order chi connectivity index (χ0) is 16.7. The van der Waals surface area contributed by atoms with Gasteiger partial charge < -0.3 is 15.8 Å². The van der Waals surface area contributed by atoms with Crippen molar-refractivity contribution in [2.45, 2.75) is 13.8 Å². The highest BCUT2D eigenvalue weighted by molar-refractivity contribution is 5.96. The SMILES string of the molecule is C/C=C(\C=C(/C)Oc1cccnc1)NC(=O)c1cccc(N)c1. The van der Waals surface area contributed by atoms with Gasteiger partial charge in [0.05, 0.1) is 6.20 Å². The molecular formula is C18H19N3O2. The predicted octanol–water partition coefficient (Wildman–Crippen LogP) is 3.28. The van der Waals surface area contributed by atoms with Crippen molar-refractivity contribution in [1.82, 2.24) is 10.3 Å². The Balaban J connectivity index is 2.05. The minimum Gasteiger partial charge on any atom is -0.460 e. The van der Waals surface area contributed by atoms with Gasteiger partial charge in [-0.3, -0.25) is 9.78 Å². The van der Waals surface area contributed by atoms with Gasteiger partial charge >= 0.3 is 0 Å². The van der Waals surface area contributed by atoms with E-state index >= 15 is 0 Å². The molecule has 0 saturated heterocycles. The number of hydrogen-bond acceptors (Lipinski definition) is 4. The monoisotopic (exact) mass is 309 g/mol. The normalized spacial score (nSPS) is 11.9. The number of benzene rings is 1. The van der Waals surface area contributed by atoms with Gasteiger partial charge in [0.15, 0.2) is 0 Å². The van der Waals surface area contributed by atoms with Crippen LogP contribution in [0, 0.1) is 0 Å². The van der Waals surface area contributed by atoms with Gasteiger partial charge in [0.25, 0.3) is 5.91 Å². The van der Waals surface area contributed by atoms with Crippen LogP contribution in [0.3, 0.4) is 0 Å². The number of nitrogens with two attached hydrogens (primary N) is 1. The molecule has 5 heteroatoms. The molecule has 1 aromatic carbocycles. The summed E-state index contributed by atoms with van der Waals surface area (Å²) in [5.74, 6) is 1.05. The maximum absolute atomic E-state index is 12.2. The van der Waals surface area contributed by atoms with Crippen LogP contribution in [0.25, 0.3) is 0 Å². The standard InChI is InChI=1S/C18H19N3O2/c1-3-16(10-13(2)23-17-8-5-9-20-12-17)21-18(22)14-6-4-7-15(19)11-14/h3-12H,19H2,1-2H3,(H,21,22)/b13-10+,16-3+. The minimum absolute atomic E-state index is 0.226. The highest BCUT2D eigenvalue weighted by atomic mass is 16.5. The lowest BCUT2D eigenvalue weighted by Gasteiger charge is -2.09. The van der Waals surface area contributed by atoms with Gasteiger partial charge in [-0.15, -0.1) is 0 Å². The van der Waals surface area contributed by atoms with Crippen LogP contribution < -0.4 is 15.8 Å². The number of ether oxygens (including phenoxy) is 1. The van der Waals surface area contributed by atoms with E-state index < -0.39 is 0 Å². The van der Waals surface area contributed by atoms with Gasteiger partial charge in [-0.1, -0.05) is 12.1 Å². The number of anilines is 1. The molecule has 23 heavy (non-hydrogen) atoms. The highest BCUT2D eigenvalue weighted by Crippen LogP contribution is 2.12. The fourth-order valence-corrected chi connectivity index (χ4v) is 1.92. The predicted molar refractivity (Wildman–Crippen MR) is 90.7 cm³/mol. The van der Waals surface area contributed by atoms with Crippen molar-refractivity contribution in [2.24, 2.45) is 0 Å². The first-order valence-corrected chi connectivity index (χ1v) is 7.18. The topological polar surface area (TPSA) is 77.2 Å². The number of rotatable bonds is 5. The molecule has 0 spiro atoms. The van der Waals surface area contributed by atoms with E-state index in [1.165, 1.54) is 0 Å². The van der Waals surface area contributed by atoms with Gasteiger partial charge in [0.1, 0.15) is 11.5 Å². The summed E-state index contributed by atoms with van der Waals surface area (Å²) < 4.78 is 5.64. The Hall–Kier alpha value is -3.08. The Morgan fingerprint density at radius 1 is 1.30 bits per heavy atom. The zero-order valence-electron chi connectivity index (χ0n) is 13.1. The van der Waals surface area contributed by atoms with Crippen molar-refractivity contribution in [3.05, 3.63) is 78.0 Å². The summed E-state index contributed by atoms with van der Waals surface area (Å²) in [6.45, 7) is 3.64. The molecule has 0 fully saturated rings. The molecule has 0 aliphatic carbocycles. The van der Waals surface area contributed by atoms with Crippen molar-refractivity contribution in [3.63, 3.8) is 0 Å². The number of aromatic nitrogens is 1. The van der Waals surface area contributed by atoms with Crippen LogP contribution in [0.2, 0.25) is 0 Å². The summed E-state index contributed by atoms with van der Waals surface area (Å²) in [6.07, 6.45) is 6.84. The molecule has 0 aliphatic heterocycles. The smallest absolute Gasteiger partial charge is 0.255 e. The van der Waals surface area contributed by atoms with Crippen molar-refractivity contribution in [2.75, 3.05) is 5.73 Å². The average molecular weight is 309 g/mol. The summed E-state index contributed by atoms with van der Waals surface area (Å²) >= 11 is 0. The van der Waals surface area contributed by atoms with Gasteiger partial charge in [0.2, 0.25) is 0 Å². The molecule has 0 unspecified atom stereocenters. The second kappa shape index (κ2) is 7.79. The Labute approximate surface area is 135 Å². The third kappa shape index (κ3) is 5.00. The lowest BCUT2D eigenvalue weighted by molar-refractivity contribution is 0.0967. The van der Waals surface area contributed by atoms with Gasteiger partial charge in [-0.05, 0) is 50.3 Å². The second-order valence-electron chi connectivity index (χ2n) is 4.87. The van der Waals surface area contributed by atoms with E-state index in [1.54, 1.807) is 54.9 Å². The molecule has 0 radical (unpaired) electrons. The van der Waals surface area contributed by atoms with Crippen LogP contribution in [0.1, 0.15) is 24.2 Å². The van der Waals surface area contributed by atoms with E-state index in [9.17, 15) is 4.79 Å². The first-order chi connectivity index (χ1) is 11.1. The average Bonchev–Trinajstić information content (AvgIpc) is 2.55. The Kier molecular flexibility index (Phi) is 5.52. The number of hydrogen-bond donors (Lipinski definition) is 2. The fraction of sp³-hybridized carbons (Fsp3) is 0.111. The van der Waals surface area contributed by atoms with E-state index in [0.717, 1.165) is 0 Å². The molecular weight excluding hydrogens is 290 g/mol. The minimum atomic E-state index is -0.226. The summed E-state index contributed by atoms with van der Waals surface area (Å²) in [4.78, 5) is 16.2. The fourth-order valence-electron chi connectivity index (χ4n) is 1.92. The number of carbonyl (C=O) groups is 1. The van der Waals surface area contributed by atoms with Crippen molar-refractivity contribution >= 4 is 11.6 Å². The van der Waals surface area contributed by atoms with Crippen LogP contribution in [0.5, 0.6) is 5.75 Å². The Morgan fingerprint density at radius 3 is 2.78 bits per heavy atom. The number of nitrogens with one attached hydrogen (secondary N) is 1. The maximum atomic E-state index is 12.2. The summed E-state index contributed by atoms with van der Waals surface area (Å²) in [7, 11) is 0. The molecule has 2 aromatic rings. The zero-order valence-corrected chi connectivity index (χ0v) is 13.1. The van der Waals surface area contributed by atoms with Gasteiger partial charge in [-0.2, -0.15) is 0 Å². The van der Waals surface area contributed by atoms with Crippen molar-refractivity contribution in [3.8, 4) is 5.75 Å². The molecule has 118 valence electrons. The lowest BCUT2D eigenvalue weighted by Crippen LogP contribution is -2.22. The molecule has 3 N–H and O–H groups in total. The first-order valence-electron chi connectivity index (χ1n) is 7.18. The molecule has 0 bridgehead atoms. The molecule has 0 atom stereocenters. The summed E-state index contributed by atoms with van der Waals surface area (Å²) in [5, 5.41) is 2.82. The summed E-state index contributed by atoms with van der Waals surface area (Å²) in [5.41, 5.74) is 7.38. The maximum Gasteiger partial charge on any atom is 0.255 e. The highest BCUT2D eigenvalue weighted by Gasteiger charge is 2.07. The number of amides is 1. The van der Waals surface area contributed by atoms with Crippen LogP contribution in [-0.2, 0) is 0 Å². The number of nitrogen functional groups attached to an aromatic ring is 1. The van der Waals surface area contributed by atoms with Crippen LogP contribution >= 0.6 is 0 Å². The van der Waals surface area contributed by atoms with Crippen molar-refractivity contribution in [1.29, 1.82) is 0 Å². The van der Waals surface area contributed by atoms with Gasteiger partial charge in [-0.25, -0.2) is 0 Å².